The summed E-state index contributed by atoms with van der Waals surface area (Å²) in [6, 6.07) is 5.62. The number of aryl methyl sites for hydroxylation is 1. The van der Waals surface area contributed by atoms with E-state index in [1.54, 1.807) is 6.20 Å². The molecule has 108 valence electrons. The standard InChI is InChI=1S/C14H14F3NO2/c1-9-2-3-10-11(7-18-12(10)6-9)13(19)4-5-20-8-14(15,16)17/h2-3,6-7,18H,4-5,8H2,1H3. The quantitative estimate of drug-likeness (QED) is 0.673. The van der Waals surface area contributed by atoms with E-state index in [-0.39, 0.29) is 18.8 Å². The van der Waals surface area contributed by atoms with Crippen LogP contribution in [0.2, 0.25) is 0 Å². The van der Waals surface area contributed by atoms with Crippen molar-refractivity contribution < 1.29 is 22.7 Å². The SMILES string of the molecule is Cc1ccc2c(C(=O)CCOCC(F)(F)F)c[nH]c2c1. The van der Waals surface area contributed by atoms with E-state index >= 15 is 0 Å². The third-order valence-corrected chi connectivity index (χ3v) is 2.88. The van der Waals surface area contributed by atoms with Gasteiger partial charge in [-0.2, -0.15) is 13.2 Å². The second-order valence-corrected chi connectivity index (χ2v) is 4.59. The number of fused-ring (bicyclic) bond motifs is 1. The minimum atomic E-state index is -4.36. The fourth-order valence-electron chi connectivity index (χ4n) is 1.96. The molecule has 6 heteroatoms. The monoisotopic (exact) mass is 285 g/mol. The first-order chi connectivity index (χ1) is 9.37. The summed E-state index contributed by atoms with van der Waals surface area (Å²) >= 11 is 0. The molecule has 0 spiro atoms. The van der Waals surface area contributed by atoms with Crippen LogP contribution in [0.3, 0.4) is 0 Å². The van der Waals surface area contributed by atoms with Gasteiger partial charge >= 0.3 is 6.18 Å². The highest BCUT2D eigenvalue weighted by molar-refractivity contribution is 6.07. The molecule has 3 nitrogen and oxygen atoms in total. The molecule has 0 bridgehead atoms. The number of Topliss-reactive ketones (excluding diaryl/α,β-unsaturated/α-hetero) is 1. The molecule has 1 aromatic carbocycles. The summed E-state index contributed by atoms with van der Waals surface area (Å²) in [5.41, 5.74) is 2.38. The highest BCUT2D eigenvalue weighted by atomic mass is 19.4. The van der Waals surface area contributed by atoms with Gasteiger partial charge in [-0.25, -0.2) is 0 Å². The van der Waals surface area contributed by atoms with E-state index in [0.717, 1.165) is 16.5 Å². The maximum atomic E-state index is 11.9. The van der Waals surface area contributed by atoms with Gasteiger partial charge in [-0.15, -0.1) is 0 Å². The topological polar surface area (TPSA) is 42.1 Å². The molecule has 0 aliphatic carbocycles. The molecule has 0 radical (unpaired) electrons. The molecule has 20 heavy (non-hydrogen) atoms. The zero-order valence-electron chi connectivity index (χ0n) is 10.9. The van der Waals surface area contributed by atoms with Crippen molar-refractivity contribution in [2.75, 3.05) is 13.2 Å². The van der Waals surface area contributed by atoms with E-state index in [1.807, 2.05) is 25.1 Å². The first kappa shape index (κ1) is 14.6. The van der Waals surface area contributed by atoms with Crippen LogP contribution in [0, 0.1) is 6.92 Å². The number of nitrogens with one attached hydrogen (secondary N) is 1. The van der Waals surface area contributed by atoms with E-state index in [1.165, 1.54) is 0 Å². The summed E-state index contributed by atoms with van der Waals surface area (Å²) in [7, 11) is 0. The molecule has 0 saturated heterocycles. The first-order valence-corrected chi connectivity index (χ1v) is 6.12. The highest BCUT2D eigenvalue weighted by Crippen LogP contribution is 2.21. The van der Waals surface area contributed by atoms with Crippen LogP contribution in [0.1, 0.15) is 22.3 Å². The summed E-state index contributed by atoms with van der Waals surface area (Å²) in [5.74, 6) is -0.234. The van der Waals surface area contributed by atoms with E-state index in [4.69, 9.17) is 0 Å². The molecule has 0 saturated carbocycles. The molecular weight excluding hydrogens is 271 g/mol. The maximum absolute atomic E-state index is 11.9. The molecular formula is C14H14F3NO2. The predicted molar refractivity (Wildman–Crippen MR) is 68.9 cm³/mol. The normalized spacial score (nSPS) is 12.0. The molecule has 0 aliphatic rings. The largest absolute Gasteiger partial charge is 0.411 e. The van der Waals surface area contributed by atoms with Crippen LogP contribution in [-0.2, 0) is 4.74 Å². The second kappa shape index (κ2) is 5.66. The van der Waals surface area contributed by atoms with Gasteiger partial charge in [-0.05, 0) is 18.6 Å². The van der Waals surface area contributed by atoms with Crippen LogP contribution >= 0.6 is 0 Å². The van der Waals surface area contributed by atoms with Crippen LogP contribution in [0.4, 0.5) is 13.2 Å². The lowest BCUT2D eigenvalue weighted by Gasteiger charge is -2.06. The Morgan fingerprint density at radius 2 is 2.10 bits per heavy atom. The number of carbonyl (C=O) groups is 1. The van der Waals surface area contributed by atoms with Gasteiger partial charge in [-0.1, -0.05) is 12.1 Å². The summed E-state index contributed by atoms with van der Waals surface area (Å²) in [6.07, 6.45) is -2.85. The van der Waals surface area contributed by atoms with Gasteiger partial charge in [0.2, 0.25) is 0 Å². The zero-order chi connectivity index (χ0) is 14.8. The Morgan fingerprint density at radius 3 is 2.80 bits per heavy atom. The predicted octanol–water partition coefficient (Wildman–Crippen LogP) is 3.63. The number of aromatic amines is 1. The molecule has 0 atom stereocenters. The smallest absolute Gasteiger partial charge is 0.372 e. The molecule has 0 amide bonds. The Morgan fingerprint density at radius 1 is 1.35 bits per heavy atom. The Hall–Kier alpha value is -1.82. The Labute approximate surface area is 113 Å². The number of ketones is 1. The fraction of sp³-hybridized carbons (Fsp3) is 0.357. The summed E-state index contributed by atoms with van der Waals surface area (Å²) in [4.78, 5) is 14.9. The molecule has 1 aromatic heterocycles. The molecule has 1 N–H and O–H groups in total. The van der Waals surface area contributed by atoms with Crippen molar-refractivity contribution in [1.82, 2.24) is 4.98 Å². The number of aromatic nitrogens is 1. The number of rotatable bonds is 5. The molecule has 0 unspecified atom stereocenters. The number of hydrogen-bond donors (Lipinski definition) is 1. The number of halogens is 3. The Balaban J connectivity index is 1.98. The molecule has 0 fully saturated rings. The van der Waals surface area contributed by atoms with Crippen LogP contribution in [0.25, 0.3) is 10.9 Å². The lowest BCUT2D eigenvalue weighted by atomic mass is 10.1. The third-order valence-electron chi connectivity index (χ3n) is 2.88. The van der Waals surface area contributed by atoms with Gasteiger partial charge in [0, 0.05) is 29.1 Å². The Kier molecular flexibility index (Phi) is 4.13. The van der Waals surface area contributed by atoms with Crippen LogP contribution in [0.15, 0.2) is 24.4 Å². The van der Waals surface area contributed by atoms with Gasteiger partial charge in [0.15, 0.2) is 5.78 Å². The maximum Gasteiger partial charge on any atom is 0.411 e. The molecule has 2 aromatic rings. The number of hydrogen-bond acceptors (Lipinski definition) is 2. The van der Waals surface area contributed by atoms with Crippen molar-refractivity contribution in [3.8, 4) is 0 Å². The summed E-state index contributed by atoms with van der Waals surface area (Å²) in [5, 5.41) is 0.774. The van der Waals surface area contributed by atoms with Crippen molar-refractivity contribution >= 4 is 16.7 Å². The van der Waals surface area contributed by atoms with Gasteiger partial charge in [0.25, 0.3) is 0 Å². The lowest BCUT2D eigenvalue weighted by molar-refractivity contribution is -0.173. The van der Waals surface area contributed by atoms with Crippen molar-refractivity contribution in [3.05, 3.63) is 35.5 Å². The average Bonchev–Trinajstić information content (AvgIpc) is 2.76. The van der Waals surface area contributed by atoms with E-state index in [2.05, 4.69) is 9.72 Å². The molecule has 0 aliphatic heterocycles. The Bertz CT molecular complexity index is 616. The highest BCUT2D eigenvalue weighted by Gasteiger charge is 2.27. The number of H-pyrrole nitrogens is 1. The van der Waals surface area contributed by atoms with E-state index < -0.39 is 12.8 Å². The van der Waals surface area contributed by atoms with Crippen molar-refractivity contribution in [2.24, 2.45) is 0 Å². The van der Waals surface area contributed by atoms with Gasteiger partial charge < -0.3 is 9.72 Å². The zero-order valence-corrected chi connectivity index (χ0v) is 10.9. The molecule has 1 heterocycles. The number of benzene rings is 1. The number of carbonyl (C=O) groups excluding carboxylic acids is 1. The summed E-state index contributed by atoms with van der Waals surface area (Å²) < 4.78 is 40.1. The van der Waals surface area contributed by atoms with Gasteiger partial charge in [0.1, 0.15) is 6.61 Å². The number of alkyl halides is 3. The van der Waals surface area contributed by atoms with Gasteiger partial charge in [0.05, 0.1) is 6.61 Å². The average molecular weight is 285 g/mol. The number of ether oxygens (including phenoxy) is 1. The minimum Gasteiger partial charge on any atom is -0.372 e. The lowest BCUT2D eigenvalue weighted by Crippen LogP contribution is -2.18. The van der Waals surface area contributed by atoms with E-state index in [9.17, 15) is 18.0 Å². The van der Waals surface area contributed by atoms with Crippen molar-refractivity contribution in [1.29, 1.82) is 0 Å². The van der Waals surface area contributed by atoms with Gasteiger partial charge in [-0.3, -0.25) is 4.79 Å². The minimum absolute atomic E-state index is 0.0725. The molecule has 2 rings (SSSR count). The van der Waals surface area contributed by atoms with Crippen LogP contribution in [-0.4, -0.2) is 30.2 Å². The van der Waals surface area contributed by atoms with Crippen LogP contribution in [0.5, 0.6) is 0 Å². The van der Waals surface area contributed by atoms with E-state index in [0.29, 0.717) is 5.56 Å². The third kappa shape index (κ3) is 3.60. The van der Waals surface area contributed by atoms with Crippen molar-refractivity contribution in [3.63, 3.8) is 0 Å². The fourth-order valence-corrected chi connectivity index (χ4v) is 1.96. The first-order valence-electron chi connectivity index (χ1n) is 6.12. The van der Waals surface area contributed by atoms with Crippen molar-refractivity contribution in [2.45, 2.75) is 19.5 Å². The second-order valence-electron chi connectivity index (χ2n) is 4.59. The summed E-state index contributed by atoms with van der Waals surface area (Å²) in [6.45, 7) is 0.372. The van der Waals surface area contributed by atoms with Crippen LogP contribution < -0.4 is 0 Å².